The Morgan fingerprint density at radius 3 is 2.52 bits per heavy atom. The zero-order valence-corrected chi connectivity index (χ0v) is 15.1. The second kappa shape index (κ2) is 8.49. The molecule has 0 aromatic heterocycles. The normalized spacial score (nSPS) is 21.0. The van der Waals surface area contributed by atoms with Gasteiger partial charge in [0.25, 0.3) is 0 Å². The predicted molar refractivity (Wildman–Crippen MR) is 90.1 cm³/mol. The van der Waals surface area contributed by atoms with Crippen LogP contribution >= 0.6 is 0 Å². The summed E-state index contributed by atoms with van der Waals surface area (Å²) in [4.78, 5) is 28.1. The van der Waals surface area contributed by atoms with Crippen molar-refractivity contribution in [3.05, 3.63) is 0 Å². The number of ether oxygens (including phenoxy) is 1. The highest BCUT2D eigenvalue weighted by atomic mass is 16.6. The number of hydrogen-bond acceptors (Lipinski definition) is 5. The van der Waals surface area contributed by atoms with E-state index in [1.54, 1.807) is 4.90 Å². The van der Waals surface area contributed by atoms with Crippen LogP contribution in [0, 0.1) is 0 Å². The van der Waals surface area contributed by atoms with Crippen LogP contribution in [0.1, 0.15) is 41.0 Å². The summed E-state index contributed by atoms with van der Waals surface area (Å²) in [5, 5.41) is 2.91. The van der Waals surface area contributed by atoms with Crippen molar-refractivity contribution in [2.75, 3.05) is 32.7 Å². The maximum Gasteiger partial charge on any atom is 0.410 e. The summed E-state index contributed by atoms with van der Waals surface area (Å²) in [6, 6.07) is -0.297. The molecule has 1 rings (SSSR count). The molecule has 1 aliphatic rings. The molecule has 0 radical (unpaired) electrons. The molecule has 0 saturated carbocycles. The lowest BCUT2D eigenvalue weighted by molar-refractivity contribution is -0.127. The van der Waals surface area contributed by atoms with Gasteiger partial charge in [0.2, 0.25) is 5.91 Å². The molecule has 0 aromatic rings. The molecular formula is C16H32N4O3. The summed E-state index contributed by atoms with van der Waals surface area (Å²) in [5.74, 6) is 0.0102. The molecular weight excluding hydrogens is 296 g/mol. The molecule has 2 unspecified atom stereocenters. The number of nitrogens with one attached hydrogen (secondary N) is 1. The van der Waals surface area contributed by atoms with E-state index in [-0.39, 0.29) is 24.1 Å². The van der Waals surface area contributed by atoms with Crippen LogP contribution in [0.5, 0.6) is 0 Å². The summed E-state index contributed by atoms with van der Waals surface area (Å²) in [6.45, 7) is 12.2. The first-order chi connectivity index (χ1) is 10.7. The molecule has 2 amide bonds. The summed E-state index contributed by atoms with van der Waals surface area (Å²) in [5.41, 5.74) is 5.36. The van der Waals surface area contributed by atoms with E-state index in [0.717, 1.165) is 6.42 Å². The SMILES string of the molecule is CCCNC(=O)C(C)N1CCN(C(=O)OC(C)(C)C)CC1CN. The maximum atomic E-state index is 12.2. The molecule has 0 bridgehead atoms. The van der Waals surface area contributed by atoms with Gasteiger partial charge in [-0.3, -0.25) is 9.69 Å². The molecule has 23 heavy (non-hydrogen) atoms. The highest BCUT2D eigenvalue weighted by Crippen LogP contribution is 2.16. The molecule has 1 heterocycles. The summed E-state index contributed by atoms with van der Waals surface area (Å²) in [7, 11) is 0. The second-order valence-electron chi connectivity index (χ2n) is 7.02. The van der Waals surface area contributed by atoms with Crippen molar-refractivity contribution >= 4 is 12.0 Å². The van der Waals surface area contributed by atoms with Crippen molar-refractivity contribution in [2.45, 2.75) is 58.7 Å². The van der Waals surface area contributed by atoms with Gasteiger partial charge in [-0.15, -0.1) is 0 Å². The lowest BCUT2D eigenvalue weighted by atomic mass is 10.1. The van der Waals surface area contributed by atoms with Crippen molar-refractivity contribution < 1.29 is 14.3 Å². The van der Waals surface area contributed by atoms with Crippen LogP contribution in [0.3, 0.4) is 0 Å². The van der Waals surface area contributed by atoms with Crippen LogP contribution in [-0.2, 0) is 9.53 Å². The number of carbonyl (C=O) groups excluding carboxylic acids is 2. The number of hydrogen-bond donors (Lipinski definition) is 2. The number of piperazine rings is 1. The molecule has 1 saturated heterocycles. The van der Waals surface area contributed by atoms with Gasteiger partial charge in [-0.05, 0) is 34.1 Å². The Morgan fingerprint density at radius 1 is 1.35 bits per heavy atom. The smallest absolute Gasteiger partial charge is 0.410 e. The monoisotopic (exact) mass is 328 g/mol. The lowest BCUT2D eigenvalue weighted by Crippen LogP contribution is -2.62. The van der Waals surface area contributed by atoms with Crippen LogP contribution in [0.25, 0.3) is 0 Å². The second-order valence-corrected chi connectivity index (χ2v) is 7.02. The fourth-order valence-corrected chi connectivity index (χ4v) is 2.63. The van der Waals surface area contributed by atoms with Crippen molar-refractivity contribution in [1.29, 1.82) is 0 Å². The minimum atomic E-state index is -0.514. The first-order valence-electron chi connectivity index (χ1n) is 8.41. The molecule has 0 aromatic carbocycles. The van der Waals surface area contributed by atoms with Crippen molar-refractivity contribution in [2.24, 2.45) is 5.73 Å². The molecule has 7 nitrogen and oxygen atoms in total. The van der Waals surface area contributed by atoms with Gasteiger partial charge in [-0.25, -0.2) is 4.79 Å². The summed E-state index contributed by atoms with van der Waals surface area (Å²) < 4.78 is 5.41. The fourth-order valence-electron chi connectivity index (χ4n) is 2.63. The molecule has 3 N–H and O–H groups in total. The Kier molecular flexibility index (Phi) is 7.28. The molecule has 134 valence electrons. The van der Waals surface area contributed by atoms with Crippen LogP contribution in [-0.4, -0.2) is 72.2 Å². The van der Waals surface area contributed by atoms with Crippen molar-refractivity contribution in [3.8, 4) is 0 Å². The largest absolute Gasteiger partial charge is 0.444 e. The number of rotatable bonds is 5. The lowest BCUT2D eigenvalue weighted by Gasteiger charge is -2.43. The third kappa shape index (κ3) is 5.99. The van der Waals surface area contributed by atoms with Crippen LogP contribution < -0.4 is 11.1 Å². The van der Waals surface area contributed by atoms with Gasteiger partial charge in [0.1, 0.15) is 5.60 Å². The number of amides is 2. The van der Waals surface area contributed by atoms with E-state index >= 15 is 0 Å². The van der Waals surface area contributed by atoms with Crippen LogP contribution in [0.4, 0.5) is 4.79 Å². The van der Waals surface area contributed by atoms with Crippen molar-refractivity contribution in [3.63, 3.8) is 0 Å². The van der Waals surface area contributed by atoms with Crippen LogP contribution in [0.15, 0.2) is 0 Å². The molecule has 0 aliphatic carbocycles. The first-order valence-corrected chi connectivity index (χ1v) is 8.41. The maximum absolute atomic E-state index is 12.2. The average Bonchev–Trinajstić information content (AvgIpc) is 2.49. The molecule has 1 aliphatic heterocycles. The third-order valence-corrected chi connectivity index (χ3v) is 3.88. The molecule has 0 spiro atoms. The van der Waals surface area contributed by atoms with E-state index in [9.17, 15) is 9.59 Å². The number of nitrogens with zero attached hydrogens (tertiary/aromatic N) is 2. The Hall–Kier alpha value is -1.34. The Labute approximate surface area is 139 Å². The van der Waals surface area contributed by atoms with Gasteiger partial charge in [0.05, 0.1) is 6.04 Å². The molecule has 1 fully saturated rings. The van der Waals surface area contributed by atoms with Gasteiger partial charge >= 0.3 is 6.09 Å². The van der Waals surface area contributed by atoms with Crippen LogP contribution in [0.2, 0.25) is 0 Å². The summed E-state index contributed by atoms with van der Waals surface area (Å²) in [6.07, 6.45) is 0.587. The van der Waals surface area contributed by atoms with E-state index < -0.39 is 5.60 Å². The number of carbonyl (C=O) groups is 2. The van der Waals surface area contributed by atoms with E-state index in [2.05, 4.69) is 10.2 Å². The quantitative estimate of drug-likeness (QED) is 0.779. The third-order valence-electron chi connectivity index (χ3n) is 3.88. The van der Waals surface area contributed by atoms with E-state index in [4.69, 9.17) is 10.5 Å². The topological polar surface area (TPSA) is 87.9 Å². The van der Waals surface area contributed by atoms with Gasteiger partial charge in [-0.2, -0.15) is 0 Å². The van der Waals surface area contributed by atoms with Crippen molar-refractivity contribution in [1.82, 2.24) is 15.1 Å². The number of nitrogens with two attached hydrogens (primary N) is 1. The van der Waals surface area contributed by atoms with Gasteiger partial charge < -0.3 is 20.7 Å². The van der Waals surface area contributed by atoms with Gasteiger partial charge in [0.15, 0.2) is 0 Å². The summed E-state index contributed by atoms with van der Waals surface area (Å²) >= 11 is 0. The fraction of sp³-hybridized carbons (Fsp3) is 0.875. The van der Waals surface area contributed by atoms with Gasteiger partial charge in [0, 0.05) is 38.8 Å². The first kappa shape index (κ1) is 19.7. The highest BCUT2D eigenvalue weighted by Gasteiger charge is 2.35. The Morgan fingerprint density at radius 2 is 2.00 bits per heavy atom. The zero-order chi connectivity index (χ0) is 17.6. The van der Waals surface area contributed by atoms with E-state index in [0.29, 0.717) is 32.7 Å². The molecule has 2 atom stereocenters. The average molecular weight is 328 g/mol. The zero-order valence-electron chi connectivity index (χ0n) is 15.1. The highest BCUT2D eigenvalue weighted by molar-refractivity contribution is 5.81. The predicted octanol–water partition coefficient (Wildman–Crippen LogP) is 0.781. The van der Waals surface area contributed by atoms with Gasteiger partial charge in [-0.1, -0.05) is 6.92 Å². The minimum absolute atomic E-state index is 0.0102. The Bertz CT molecular complexity index is 409. The molecule has 7 heteroatoms. The van der Waals surface area contributed by atoms with E-state index in [1.165, 1.54) is 0 Å². The Balaban J connectivity index is 2.65. The van der Waals surface area contributed by atoms with E-state index in [1.807, 2.05) is 34.6 Å². The minimum Gasteiger partial charge on any atom is -0.444 e. The standard InChI is InChI=1S/C16H32N4O3/c1-6-7-18-14(21)12(2)20-9-8-19(11-13(20)10-17)15(22)23-16(3,4)5/h12-13H,6-11,17H2,1-5H3,(H,18,21).